The first-order valence-electron chi connectivity index (χ1n) is 6.98. The Hall–Kier alpha value is -2.04. The molecule has 0 spiro atoms. The van der Waals surface area contributed by atoms with Gasteiger partial charge in [0.1, 0.15) is 5.75 Å². The minimum Gasteiger partial charge on any atom is -0.481 e. The molecule has 2 aliphatic carbocycles. The normalized spacial score (nSPS) is 20.6. The average Bonchev–Trinajstić information content (AvgIpc) is 3.16. The largest absolute Gasteiger partial charge is 0.481 e. The van der Waals surface area contributed by atoms with E-state index < -0.39 is 6.10 Å². The van der Waals surface area contributed by atoms with Crippen molar-refractivity contribution in [1.82, 2.24) is 5.32 Å². The van der Waals surface area contributed by atoms with E-state index in [-0.39, 0.29) is 5.91 Å². The number of ether oxygens (including phenoxy) is 1. The molecule has 3 rings (SSSR count). The molecule has 0 bridgehead atoms. The molecule has 0 saturated heterocycles. The number of amides is 1. The van der Waals surface area contributed by atoms with Gasteiger partial charge in [-0.25, -0.2) is 0 Å². The molecule has 2 N–H and O–H groups in total. The van der Waals surface area contributed by atoms with E-state index in [1.807, 2.05) is 18.2 Å². The molecule has 1 saturated carbocycles. The van der Waals surface area contributed by atoms with E-state index in [2.05, 4.69) is 10.5 Å². The lowest BCUT2D eigenvalue weighted by Gasteiger charge is -2.15. The smallest absolute Gasteiger partial charge is 0.260 e. The number of aryl methyl sites for hydroxylation is 1. The Morgan fingerprint density at radius 3 is 2.95 bits per heavy atom. The maximum atomic E-state index is 11.8. The van der Waals surface area contributed by atoms with Gasteiger partial charge in [0, 0.05) is 11.6 Å². The number of nitrogens with zero attached hydrogens (tertiary/aromatic N) is 1. The van der Waals surface area contributed by atoms with Crippen molar-refractivity contribution in [2.45, 2.75) is 44.8 Å². The minimum absolute atomic E-state index is 0.0643. The molecule has 0 aliphatic heterocycles. The van der Waals surface area contributed by atoms with Crippen molar-refractivity contribution in [3.8, 4) is 5.75 Å². The zero-order valence-electron chi connectivity index (χ0n) is 11.4. The van der Waals surface area contributed by atoms with E-state index in [0.29, 0.717) is 17.5 Å². The molecule has 1 aromatic carbocycles. The van der Waals surface area contributed by atoms with Gasteiger partial charge >= 0.3 is 0 Å². The van der Waals surface area contributed by atoms with Crippen molar-refractivity contribution in [3.05, 3.63) is 29.3 Å². The van der Waals surface area contributed by atoms with Crippen LogP contribution in [0.4, 0.5) is 0 Å². The van der Waals surface area contributed by atoms with Gasteiger partial charge in [-0.2, -0.15) is 0 Å². The highest BCUT2D eigenvalue weighted by molar-refractivity contribution is 6.04. The number of nitrogens with one attached hydrogen (secondary N) is 1. The van der Waals surface area contributed by atoms with E-state index in [1.165, 1.54) is 0 Å². The van der Waals surface area contributed by atoms with Crippen molar-refractivity contribution < 1.29 is 14.7 Å². The minimum atomic E-state index is -0.499. The number of carbonyl (C=O) groups excluding carboxylic acids is 1. The lowest BCUT2D eigenvalue weighted by Crippen LogP contribution is -2.37. The van der Waals surface area contributed by atoms with Gasteiger partial charge in [0.15, 0.2) is 6.10 Å². The molecule has 5 nitrogen and oxygen atoms in total. The maximum absolute atomic E-state index is 11.8. The Morgan fingerprint density at radius 1 is 1.45 bits per heavy atom. The van der Waals surface area contributed by atoms with Crippen LogP contribution in [-0.4, -0.2) is 29.0 Å². The van der Waals surface area contributed by atoms with Crippen LogP contribution in [0.5, 0.6) is 5.75 Å². The highest BCUT2D eigenvalue weighted by atomic mass is 16.5. The second-order valence-corrected chi connectivity index (χ2v) is 5.41. The van der Waals surface area contributed by atoms with Gasteiger partial charge in [-0.05, 0) is 56.4 Å². The van der Waals surface area contributed by atoms with Crippen molar-refractivity contribution in [2.24, 2.45) is 5.16 Å². The number of rotatable bonds is 4. The van der Waals surface area contributed by atoms with E-state index in [9.17, 15) is 4.79 Å². The summed E-state index contributed by atoms with van der Waals surface area (Å²) in [6.45, 7) is 1.76. The van der Waals surface area contributed by atoms with E-state index in [1.54, 1.807) is 6.92 Å². The standard InChI is InChI=1S/C15H18N2O3/c1-9(15(18)16-11-3-4-11)20-12-5-6-13-10(8-12)2-7-14(13)17-19/h5-6,8-9,11,19H,2-4,7H2,1H3,(H,16,18)/b17-14+. The van der Waals surface area contributed by atoms with Crippen LogP contribution < -0.4 is 10.1 Å². The van der Waals surface area contributed by atoms with E-state index >= 15 is 0 Å². The highest BCUT2D eigenvalue weighted by Gasteiger charge is 2.26. The molecule has 1 fully saturated rings. The molecule has 2 aliphatic rings. The summed E-state index contributed by atoms with van der Waals surface area (Å²) >= 11 is 0. The lowest BCUT2D eigenvalue weighted by molar-refractivity contribution is -0.127. The molecule has 1 amide bonds. The Labute approximate surface area is 117 Å². The molecule has 1 atom stereocenters. The Bertz CT molecular complexity index is 564. The fourth-order valence-electron chi connectivity index (χ4n) is 2.43. The first-order chi connectivity index (χ1) is 9.67. The first kappa shape index (κ1) is 13.0. The summed E-state index contributed by atoms with van der Waals surface area (Å²) in [6.07, 6.45) is 3.23. The molecule has 1 aromatic rings. The van der Waals surface area contributed by atoms with Gasteiger partial charge in [0.25, 0.3) is 5.91 Å². The Kier molecular flexibility index (Phi) is 3.34. The lowest BCUT2D eigenvalue weighted by atomic mass is 10.1. The van der Waals surface area contributed by atoms with Crippen LogP contribution >= 0.6 is 0 Å². The number of carbonyl (C=O) groups is 1. The predicted molar refractivity (Wildman–Crippen MR) is 74.3 cm³/mol. The number of hydrogen-bond acceptors (Lipinski definition) is 4. The summed E-state index contributed by atoms with van der Waals surface area (Å²) in [5, 5.41) is 15.1. The molecule has 5 heteroatoms. The first-order valence-corrected chi connectivity index (χ1v) is 6.98. The zero-order chi connectivity index (χ0) is 14.1. The number of fused-ring (bicyclic) bond motifs is 1. The molecule has 106 valence electrons. The van der Waals surface area contributed by atoms with Crippen LogP contribution in [0.2, 0.25) is 0 Å². The van der Waals surface area contributed by atoms with E-state index in [4.69, 9.17) is 9.94 Å². The van der Waals surface area contributed by atoms with Crippen LogP contribution in [-0.2, 0) is 11.2 Å². The molecule has 0 aromatic heterocycles. The van der Waals surface area contributed by atoms with Gasteiger partial charge in [-0.3, -0.25) is 4.79 Å². The van der Waals surface area contributed by atoms with Crippen LogP contribution in [0.3, 0.4) is 0 Å². The molecule has 20 heavy (non-hydrogen) atoms. The number of oxime groups is 1. The second kappa shape index (κ2) is 5.15. The van der Waals surface area contributed by atoms with Crippen LogP contribution in [0.25, 0.3) is 0 Å². The summed E-state index contributed by atoms with van der Waals surface area (Å²) < 4.78 is 5.68. The Morgan fingerprint density at radius 2 is 2.25 bits per heavy atom. The monoisotopic (exact) mass is 274 g/mol. The van der Waals surface area contributed by atoms with E-state index in [0.717, 1.165) is 36.8 Å². The fraction of sp³-hybridized carbons (Fsp3) is 0.467. The third kappa shape index (κ3) is 2.61. The van der Waals surface area contributed by atoms with Gasteiger partial charge in [-0.1, -0.05) is 5.16 Å². The molecule has 0 heterocycles. The second-order valence-electron chi connectivity index (χ2n) is 5.41. The third-order valence-electron chi connectivity index (χ3n) is 3.75. The summed E-state index contributed by atoms with van der Waals surface area (Å²) in [6, 6.07) is 5.97. The average molecular weight is 274 g/mol. The van der Waals surface area contributed by atoms with Gasteiger partial charge in [0.05, 0.1) is 5.71 Å². The van der Waals surface area contributed by atoms with Crippen LogP contribution in [0, 0.1) is 0 Å². The fourth-order valence-corrected chi connectivity index (χ4v) is 2.43. The summed E-state index contributed by atoms with van der Waals surface area (Å²) in [7, 11) is 0. The van der Waals surface area contributed by atoms with Gasteiger partial charge < -0.3 is 15.3 Å². The molecular formula is C15H18N2O3. The molecule has 0 radical (unpaired) electrons. The van der Waals surface area contributed by atoms with Crippen molar-refractivity contribution in [1.29, 1.82) is 0 Å². The SMILES string of the molecule is CC(Oc1ccc2c(c1)CC/C2=N\O)C(=O)NC1CC1. The van der Waals surface area contributed by atoms with Crippen molar-refractivity contribution >= 4 is 11.6 Å². The van der Waals surface area contributed by atoms with Crippen LogP contribution in [0.1, 0.15) is 37.3 Å². The summed E-state index contributed by atoms with van der Waals surface area (Å²) in [5.41, 5.74) is 2.78. The number of hydrogen-bond donors (Lipinski definition) is 2. The topological polar surface area (TPSA) is 70.9 Å². The highest BCUT2D eigenvalue weighted by Crippen LogP contribution is 2.27. The number of benzene rings is 1. The third-order valence-corrected chi connectivity index (χ3v) is 3.75. The maximum Gasteiger partial charge on any atom is 0.260 e. The predicted octanol–water partition coefficient (Wildman–Crippen LogP) is 1.86. The molecule has 1 unspecified atom stereocenters. The van der Waals surface area contributed by atoms with Crippen molar-refractivity contribution in [2.75, 3.05) is 0 Å². The van der Waals surface area contributed by atoms with Crippen LogP contribution in [0.15, 0.2) is 23.4 Å². The zero-order valence-corrected chi connectivity index (χ0v) is 11.4. The molecular weight excluding hydrogens is 256 g/mol. The summed E-state index contributed by atoms with van der Waals surface area (Å²) in [4.78, 5) is 11.8. The van der Waals surface area contributed by atoms with Gasteiger partial charge in [0.2, 0.25) is 0 Å². The van der Waals surface area contributed by atoms with Crippen molar-refractivity contribution in [3.63, 3.8) is 0 Å². The van der Waals surface area contributed by atoms with Gasteiger partial charge in [-0.15, -0.1) is 0 Å². The summed E-state index contributed by atoms with van der Waals surface area (Å²) in [5.74, 6) is 0.618. The Balaban J connectivity index is 1.67. The quantitative estimate of drug-likeness (QED) is 0.650.